The third-order valence-electron chi connectivity index (χ3n) is 3.86. The molecule has 102 valence electrons. The molecule has 18 heavy (non-hydrogen) atoms. The van der Waals surface area contributed by atoms with Gasteiger partial charge in [-0.15, -0.1) is 0 Å². The zero-order chi connectivity index (χ0) is 13.3. The SMILES string of the molecule is Cn1cc(C2C(N)CCCCN2C(C)(C)C)cn1. The average molecular weight is 250 g/mol. The molecule has 0 saturated carbocycles. The Morgan fingerprint density at radius 3 is 2.61 bits per heavy atom. The first kappa shape index (κ1) is 13.6. The van der Waals surface area contributed by atoms with Crippen LogP contribution in [-0.2, 0) is 7.05 Å². The number of likely N-dealkylation sites (tertiary alicyclic amines) is 1. The number of hydrogen-bond donors (Lipinski definition) is 1. The minimum absolute atomic E-state index is 0.141. The van der Waals surface area contributed by atoms with E-state index in [4.69, 9.17) is 5.73 Å². The van der Waals surface area contributed by atoms with E-state index in [-0.39, 0.29) is 11.6 Å². The molecule has 1 fully saturated rings. The van der Waals surface area contributed by atoms with Crippen LogP contribution in [0.1, 0.15) is 51.6 Å². The molecule has 0 aromatic carbocycles. The van der Waals surface area contributed by atoms with Gasteiger partial charge in [0, 0.05) is 30.4 Å². The van der Waals surface area contributed by atoms with Gasteiger partial charge >= 0.3 is 0 Å². The molecule has 4 nitrogen and oxygen atoms in total. The van der Waals surface area contributed by atoms with Crippen molar-refractivity contribution in [3.05, 3.63) is 18.0 Å². The smallest absolute Gasteiger partial charge is 0.0538 e. The summed E-state index contributed by atoms with van der Waals surface area (Å²) in [5.74, 6) is 0. The van der Waals surface area contributed by atoms with Gasteiger partial charge in [-0.3, -0.25) is 9.58 Å². The van der Waals surface area contributed by atoms with Gasteiger partial charge in [-0.05, 0) is 40.2 Å². The summed E-state index contributed by atoms with van der Waals surface area (Å²) in [6, 6.07) is 0.497. The Morgan fingerprint density at radius 2 is 2.06 bits per heavy atom. The lowest BCUT2D eigenvalue weighted by Gasteiger charge is -2.42. The Hall–Kier alpha value is -0.870. The highest BCUT2D eigenvalue weighted by Gasteiger charge is 2.35. The van der Waals surface area contributed by atoms with Crippen LogP contribution in [0.5, 0.6) is 0 Å². The summed E-state index contributed by atoms with van der Waals surface area (Å²) < 4.78 is 1.87. The van der Waals surface area contributed by atoms with Crippen LogP contribution in [0, 0.1) is 0 Å². The third kappa shape index (κ3) is 2.75. The van der Waals surface area contributed by atoms with Crippen LogP contribution < -0.4 is 5.73 Å². The molecule has 0 aliphatic carbocycles. The van der Waals surface area contributed by atoms with Crippen LogP contribution in [0.15, 0.2) is 12.4 Å². The van der Waals surface area contributed by atoms with Crippen molar-refractivity contribution in [2.45, 2.75) is 57.7 Å². The fourth-order valence-corrected chi connectivity index (χ4v) is 2.96. The summed E-state index contributed by atoms with van der Waals surface area (Å²) in [4.78, 5) is 2.54. The highest BCUT2D eigenvalue weighted by atomic mass is 15.3. The third-order valence-corrected chi connectivity index (χ3v) is 3.86. The highest BCUT2D eigenvalue weighted by Crippen LogP contribution is 2.34. The summed E-state index contributed by atoms with van der Waals surface area (Å²) in [6.07, 6.45) is 7.64. The van der Waals surface area contributed by atoms with Crippen LogP contribution in [0.25, 0.3) is 0 Å². The second kappa shape index (κ2) is 5.02. The van der Waals surface area contributed by atoms with E-state index in [0.717, 1.165) is 13.0 Å². The molecule has 0 spiro atoms. The van der Waals surface area contributed by atoms with Crippen molar-refractivity contribution < 1.29 is 0 Å². The molecule has 1 saturated heterocycles. The number of aryl methyl sites for hydroxylation is 1. The fraction of sp³-hybridized carbons (Fsp3) is 0.786. The van der Waals surface area contributed by atoms with Crippen LogP contribution in [0.4, 0.5) is 0 Å². The van der Waals surface area contributed by atoms with Gasteiger partial charge in [0.2, 0.25) is 0 Å². The molecule has 2 unspecified atom stereocenters. The maximum absolute atomic E-state index is 6.43. The summed E-state index contributed by atoms with van der Waals surface area (Å²) >= 11 is 0. The second-order valence-electron chi connectivity index (χ2n) is 6.42. The number of nitrogens with two attached hydrogens (primary N) is 1. The molecule has 1 aliphatic rings. The largest absolute Gasteiger partial charge is 0.326 e. The van der Waals surface area contributed by atoms with Crippen LogP contribution in [-0.4, -0.2) is 32.8 Å². The molecular weight excluding hydrogens is 224 g/mol. The predicted molar refractivity (Wildman–Crippen MR) is 74.2 cm³/mol. The summed E-state index contributed by atoms with van der Waals surface area (Å²) in [5.41, 5.74) is 7.82. The molecule has 1 aromatic rings. The zero-order valence-electron chi connectivity index (χ0n) is 12.1. The van der Waals surface area contributed by atoms with Gasteiger partial charge in [-0.1, -0.05) is 6.42 Å². The van der Waals surface area contributed by atoms with Gasteiger partial charge in [0.25, 0.3) is 0 Å². The lowest BCUT2D eigenvalue weighted by molar-refractivity contribution is 0.0755. The van der Waals surface area contributed by atoms with E-state index >= 15 is 0 Å². The van der Waals surface area contributed by atoms with Gasteiger partial charge in [-0.2, -0.15) is 5.10 Å². The lowest BCUT2D eigenvalue weighted by Crippen LogP contribution is -2.49. The molecule has 2 heterocycles. The molecule has 1 aromatic heterocycles. The first-order chi connectivity index (χ1) is 8.39. The molecule has 0 amide bonds. The number of rotatable bonds is 1. The second-order valence-corrected chi connectivity index (χ2v) is 6.42. The van der Waals surface area contributed by atoms with Crippen LogP contribution in [0.2, 0.25) is 0 Å². The average Bonchev–Trinajstić information content (AvgIpc) is 2.56. The predicted octanol–water partition coefficient (Wildman–Crippen LogP) is 2.07. The number of aromatic nitrogens is 2. The van der Waals surface area contributed by atoms with E-state index in [1.54, 1.807) is 0 Å². The monoisotopic (exact) mass is 250 g/mol. The Kier molecular flexibility index (Phi) is 3.78. The normalized spacial score (nSPS) is 27.2. The number of hydrogen-bond acceptors (Lipinski definition) is 3. The Balaban J connectivity index is 2.35. The molecule has 0 radical (unpaired) electrons. The van der Waals surface area contributed by atoms with Crippen molar-refractivity contribution >= 4 is 0 Å². The quantitative estimate of drug-likeness (QED) is 0.830. The van der Waals surface area contributed by atoms with Crippen molar-refractivity contribution in [3.8, 4) is 0 Å². The molecule has 2 rings (SSSR count). The van der Waals surface area contributed by atoms with E-state index < -0.39 is 0 Å². The van der Waals surface area contributed by atoms with E-state index in [0.29, 0.717) is 6.04 Å². The maximum atomic E-state index is 6.43. The summed E-state index contributed by atoms with van der Waals surface area (Å²) in [6.45, 7) is 7.94. The molecule has 2 N–H and O–H groups in total. The maximum Gasteiger partial charge on any atom is 0.0538 e. The van der Waals surface area contributed by atoms with Gasteiger partial charge in [-0.25, -0.2) is 0 Å². The Bertz CT molecular complexity index is 391. The first-order valence-electron chi connectivity index (χ1n) is 6.90. The van der Waals surface area contributed by atoms with Gasteiger partial charge in [0.15, 0.2) is 0 Å². The lowest BCUT2D eigenvalue weighted by atomic mass is 9.94. The zero-order valence-corrected chi connectivity index (χ0v) is 12.1. The fourth-order valence-electron chi connectivity index (χ4n) is 2.96. The van der Waals surface area contributed by atoms with Crippen LogP contribution in [0.3, 0.4) is 0 Å². The van der Waals surface area contributed by atoms with Crippen molar-refractivity contribution in [1.29, 1.82) is 0 Å². The topological polar surface area (TPSA) is 47.1 Å². The van der Waals surface area contributed by atoms with E-state index in [2.05, 4.69) is 37.0 Å². The van der Waals surface area contributed by atoms with Crippen molar-refractivity contribution in [1.82, 2.24) is 14.7 Å². The minimum Gasteiger partial charge on any atom is -0.326 e. The summed E-state index contributed by atoms with van der Waals surface area (Å²) in [7, 11) is 1.97. The molecule has 1 aliphatic heterocycles. The molecular formula is C14H26N4. The Labute approximate surface area is 110 Å². The van der Waals surface area contributed by atoms with Crippen molar-refractivity contribution in [3.63, 3.8) is 0 Å². The van der Waals surface area contributed by atoms with E-state index in [9.17, 15) is 0 Å². The van der Waals surface area contributed by atoms with Crippen molar-refractivity contribution in [2.24, 2.45) is 12.8 Å². The number of nitrogens with zero attached hydrogens (tertiary/aromatic N) is 3. The van der Waals surface area contributed by atoms with Crippen LogP contribution >= 0.6 is 0 Å². The Morgan fingerprint density at radius 1 is 1.33 bits per heavy atom. The minimum atomic E-state index is 0.141. The van der Waals surface area contributed by atoms with Gasteiger partial charge in [0.1, 0.15) is 0 Å². The van der Waals surface area contributed by atoms with Gasteiger partial charge in [0.05, 0.1) is 12.2 Å². The molecule has 2 atom stereocenters. The van der Waals surface area contributed by atoms with E-state index in [1.807, 2.05) is 17.9 Å². The highest BCUT2D eigenvalue weighted by molar-refractivity contribution is 5.15. The van der Waals surface area contributed by atoms with Gasteiger partial charge < -0.3 is 5.73 Å². The standard InChI is InChI=1S/C14H26N4/c1-14(2,3)18-8-6-5-7-12(15)13(18)11-9-16-17(4)10-11/h9-10,12-13H,5-8,15H2,1-4H3. The molecule has 0 bridgehead atoms. The summed E-state index contributed by atoms with van der Waals surface area (Å²) in [5, 5.41) is 4.31. The van der Waals surface area contributed by atoms with E-state index in [1.165, 1.54) is 18.4 Å². The first-order valence-corrected chi connectivity index (χ1v) is 6.90. The molecule has 4 heteroatoms. The van der Waals surface area contributed by atoms with Crippen molar-refractivity contribution in [2.75, 3.05) is 6.54 Å².